The highest BCUT2D eigenvalue weighted by Gasteiger charge is 2.50. The Morgan fingerprint density at radius 1 is 1.25 bits per heavy atom. The van der Waals surface area contributed by atoms with E-state index in [1.165, 1.54) is 5.57 Å². The maximum absolute atomic E-state index is 12.9. The molecule has 1 aliphatic carbocycles. The fourth-order valence-corrected chi connectivity index (χ4v) is 3.68. The highest BCUT2D eigenvalue weighted by molar-refractivity contribution is 6.09. The molecule has 1 aliphatic heterocycles. The van der Waals surface area contributed by atoms with E-state index in [1.54, 1.807) is 13.0 Å². The van der Waals surface area contributed by atoms with Crippen LogP contribution in [0.3, 0.4) is 0 Å². The van der Waals surface area contributed by atoms with Gasteiger partial charge in [0.05, 0.1) is 18.3 Å². The van der Waals surface area contributed by atoms with Crippen molar-refractivity contribution in [2.24, 2.45) is 0 Å². The maximum atomic E-state index is 12.9. The van der Waals surface area contributed by atoms with Gasteiger partial charge in [-0.2, -0.15) is 0 Å². The number of epoxide rings is 1. The molecule has 4 nitrogen and oxygen atoms in total. The summed E-state index contributed by atoms with van der Waals surface area (Å²) in [5.74, 6) is -0.431. The molecule has 2 unspecified atom stereocenters. The van der Waals surface area contributed by atoms with Gasteiger partial charge < -0.3 is 9.47 Å². The summed E-state index contributed by atoms with van der Waals surface area (Å²) in [7, 11) is 0. The summed E-state index contributed by atoms with van der Waals surface area (Å²) in [6.07, 6.45) is 11.2. The number of unbranched alkanes of at least 4 members (excludes halogenated alkanes) is 1. The summed E-state index contributed by atoms with van der Waals surface area (Å²) in [6.45, 7) is 10.4. The standard InChI is InChI=1S/C24H36O4/c1-6-7-15-27-23(26)19(4)20-12-10-17(2)9-8-14-24(5)22(28-24)13-11-18(3)16-21(20)25/h9,16,22H,6-8,10-15H2,1-5H3. The van der Waals surface area contributed by atoms with Crippen molar-refractivity contribution in [1.82, 2.24) is 0 Å². The third-order valence-electron chi connectivity index (χ3n) is 5.90. The number of rotatable bonds is 4. The normalized spacial score (nSPS) is 28.5. The quantitative estimate of drug-likeness (QED) is 0.206. The molecule has 0 bridgehead atoms. The van der Waals surface area contributed by atoms with Crippen LogP contribution in [-0.4, -0.2) is 30.1 Å². The minimum absolute atomic E-state index is 0.00488. The average Bonchev–Trinajstić information content (AvgIpc) is 3.29. The molecule has 0 aromatic rings. The average molecular weight is 389 g/mol. The predicted octanol–water partition coefficient (Wildman–Crippen LogP) is 5.62. The molecule has 4 heteroatoms. The lowest BCUT2D eigenvalue weighted by Crippen LogP contribution is -2.14. The summed E-state index contributed by atoms with van der Waals surface area (Å²) < 4.78 is 11.3. The van der Waals surface area contributed by atoms with Crippen LogP contribution in [0.25, 0.3) is 0 Å². The van der Waals surface area contributed by atoms with E-state index in [2.05, 4.69) is 26.8 Å². The summed E-state index contributed by atoms with van der Waals surface area (Å²) in [6, 6.07) is 0. The fraction of sp³-hybridized carbons (Fsp3) is 0.667. The van der Waals surface area contributed by atoms with E-state index in [4.69, 9.17) is 9.47 Å². The van der Waals surface area contributed by atoms with E-state index < -0.39 is 0 Å². The van der Waals surface area contributed by atoms with E-state index in [0.29, 0.717) is 24.2 Å². The Morgan fingerprint density at radius 2 is 2.00 bits per heavy atom. The van der Waals surface area contributed by atoms with E-state index in [-0.39, 0.29) is 23.5 Å². The van der Waals surface area contributed by atoms with Gasteiger partial charge in [-0.15, -0.1) is 0 Å². The molecule has 0 spiro atoms. The Bertz CT molecular complexity index is 683. The fourth-order valence-electron chi connectivity index (χ4n) is 3.68. The van der Waals surface area contributed by atoms with E-state index in [1.807, 2.05) is 6.92 Å². The highest BCUT2D eigenvalue weighted by atomic mass is 16.6. The van der Waals surface area contributed by atoms with Crippen LogP contribution in [0.2, 0.25) is 0 Å². The molecule has 0 aromatic carbocycles. The summed E-state index contributed by atoms with van der Waals surface area (Å²) in [4.78, 5) is 25.3. The van der Waals surface area contributed by atoms with Crippen molar-refractivity contribution >= 4 is 11.8 Å². The molecule has 0 N–H and O–H groups in total. The molecule has 2 atom stereocenters. The number of allylic oxidation sites excluding steroid dienone is 5. The number of esters is 1. The summed E-state index contributed by atoms with van der Waals surface area (Å²) >= 11 is 0. The van der Waals surface area contributed by atoms with Crippen molar-refractivity contribution in [2.45, 2.75) is 97.7 Å². The first kappa shape index (κ1) is 22.6. The Kier molecular flexibility index (Phi) is 8.23. The van der Waals surface area contributed by atoms with Crippen LogP contribution in [0.15, 0.2) is 34.4 Å². The Labute approximate surface area is 170 Å². The van der Waals surface area contributed by atoms with E-state index in [9.17, 15) is 9.59 Å². The largest absolute Gasteiger partial charge is 0.462 e. The molecule has 1 saturated heterocycles. The van der Waals surface area contributed by atoms with Gasteiger partial charge in [0.25, 0.3) is 0 Å². The van der Waals surface area contributed by atoms with Crippen molar-refractivity contribution in [3.8, 4) is 0 Å². The first-order valence-corrected chi connectivity index (χ1v) is 10.7. The molecular weight excluding hydrogens is 352 g/mol. The molecule has 2 rings (SSSR count). The van der Waals surface area contributed by atoms with Crippen LogP contribution in [0, 0.1) is 0 Å². The van der Waals surface area contributed by atoms with Gasteiger partial charge in [0.15, 0.2) is 5.78 Å². The van der Waals surface area contributed by atoms with Crippen LogP contribution < -0.4 is 0 Å². The van der Waals surface area contributed by atoms with Gasteiger partial charge in [-0.3, -0.25) is 4.79 Å². The SMILES string of the molecule is CCCCOC(=O)C(C)=C1CCC(C)=CCCC2(C)OC2CCC(C)=CC1=O. The van der Waals surface area contributed by atoms with Gasteiger partial charge in [-0.1, -0.05) is 30.6 Å². The maximum Gasteiger partial charge on any atom is 0.334 e. The van der Waals surface area contributed by atoms with Crippen LogP contribution in [0.4, 0.5) is 0 Å². The number of fused-ring (bicyclic) bond motifs is 1. The van der Waals surface area contributed by atoms with Gasteiger partial charge in [0, 0.05) is 11.1 Å². The summed E-state index contributed by atoms with van der Waals surface area (Å²) in [5, 5.41) is 0. The molecule has 28 heavy (non-hydrogen) atoms. The first-order chi connectivity index (χ1) is 13.3. The Morgan fingerprint density at radius 3 is 2.71 bits per heavy atom. The van der Waals surface area contributed by atoms with E-state index >= 15 is 0 Å². The second kappa shape index (κ2) is 10.2. The first-order valence-electron chi connectivity index (χ1n) is 10.7. The van der Waals surface area contributed by atoms with Gasteiger partial charge in [-0.05, 0) is 78.7 Å². The monoisotopic (exact) mass is 388 g/mol. The van der Waals surface area contributed by atoms with Gasteiger partial charge >= 0.3 is 5.97 Å². The second-order valence-corrected chi connectivity index (χ2v) is 8.49. The molecule has 1 heterocycles. The lowest BCUT2D eigenvalue weighted by atomic mass is 9.92. The van der Waals surface area contributed by atoms with Crippen molar-refractivity contribution in [2.75, 3.05) is 6.61 Å². The topological polar surface area (TPSA) is 55.9 Å². The molecule has 1 fully saturated rings. The second-order valence-electron chi connectivity index (χ2n) is 8.49. The molecule has 2 aliphatic rings. The van der Waals surface area contributed by atoms with Gasteiger partial charge in [-0.25, -0.2) is 4.79 Å². The molecule has 0 amide bonds. The van der Waals surface area contributed by atoms with Gasteiger partial charge in [0.2, 0.25) is 0 Å². The molecular formula is C24H36O4. The lowest BCUT2D eigenvalue weighted by molar-refractivity contribution is -0.139. The van der Waals surface area contributed by atoms with Gasteiger partial charge in [0.1, 0.15) is 0 Å². The number of hydrogen-bond donors (Lipinski definition) is 0. The highest BCUT2D eigenvalue weighted by Crippen LogP contribution is 2.43. The van der Waals surface area contributed by atoms with Crippen molar-refractivity contribution < 1.29 is 19.1 Å². The van der Waals surface area contributed by atoms with E-state index in [0.717, 1.165) is 50.5 Å². The van der Waals surface area contributed by atoms with Crippen molar-refractivity contribution in [1.29, 1.82) is 0 Å². The van der Waals surface area contributed by atoms with Crippen LogP contribution in [0.1, 0.15) is 86.0 Å². The lowest BCUT2D eigenvalue weighted by Gasteiger charge is -2.12. The zero-order valence-electron chi connectivity index (χ0n) is 18.2. The van der Waals surface area contributed by atoms with Crippen molar-refractivity contribution in [3.05, 3.63) is 34.4 Å². The molecule has 0 saturated carbocycles. The van der Waals surface area contributed by atoms with Crippen LogP contribution in [-0.2, 0) is 19.1 Å². The Hall–Kier alpha value is -1.68. The summed E-state index contributed by atoms with van der Waals surface area (Å²) in [5.41, 5.74) is 3.31. The molecule has 0 aromatic heterocycles. The zero-order valence-corrected chi connectivity index (χ0v) is 18.2. The minimum atomic E-state index is -0.368. The Balaban J connectivity index is 2.20. The smallest absolute Gasteiger partial charge is 0.334 e. The predicted molar refractivity (Wildman–Crippen MR) is 112 cm³/mol. The number of carbonyl (C=O) groups excluding carboxylic acids is 2. The molecule has 0 radical (unpaired) electrons. The number of hydrogen-bond acceptors (Lipinski definition) is 4. The van der Waals surface area contributed by atoms with Crippen molar-refractivity contribution in [3.63, 3.8) is 0 Å². The minimum Gasteiger partial charge on any atom is -0.462 e. The third-order valence-corrected chi connectivity index (χ3v) is 5.90. The number of ether oxygens (including phenoxy) is 2. The van der Waals surface area contributed by atoms with Crippen LogP contribution >= 0.6 is 0 Å². The van der Waals surface area contributed by atoms with Crippen LogP contribution in [0.5, 0.6) is 0 Å². The number of carbonyl (C=O) groups is 2. The zero-order chi connectivity index (χ0) is 20.7. The third kappa shape index (κ3) is 6.44. The number of ketones is 1. The molecule has 156 valence electrons.